The summed E-state index contributed by atoms with van der Waals surface area (Å²) in [6.07, 6.45) is 1.76. The van der Waals surface area contributed by atoms with Gasteiger partial charge < -0.3 is 0 Å². The Kier molecular flexibility index (Phi) is 3.04. The smallest absolute Gasteiger partial charge is 0.170 e. The van der Waals surface area contributed by atoms with Gasteiger partial charge in [0.25, 0.3) is 0 Å². The quantitative estimate of drug-likeness (QED) is 0.755. The molecule has 0 saturated carbocycles. The first kappa shape index (κ1) is 11.5. The molecule has 0 aliphatic carbocycles. The molecule has 0 aliphatic rings. The van der Waals surface area contributed by atoms with Gasteiger partial charge in [-0.05, 0) is 25.5 Å². The van der Waals surface area contributed by atoms with Crippen LogP contribution in [0, 0.1) is 13.8 Å². The van der Waals surface area contributed by atoms with E-state index in [1.165, 1.54) is 6.33 Å². The number of Topliss-reactive ketones (excluding diaryl/α,β-unsaturated/α-hetero) is 1. The van der Waals surface area contributed by atoms with Crippen molar-refractivity contribution in [2.24, 2.45) is 7.05 Å². The van der Waals surface area contributed by atoms with Crippen molar-refractivity contribution >= 4 is 5.78 Å². The topological polar surface area (TPSA) is 47.8 Å². The lowest BCUT2D eigenvalue weighted by Gasteiger charge is -2.05. The first-order chi connectivity index (χ1) is 8.08. The normalized spacial score (nSPS) is 10.5. The number of hydrogen-bond donors (Lipinski definition) is 0. The van der Waals surface area contributed by atoms with Gasteiger partial charge >= 0.3 is 0 Å². The molecule has 0 amide bonds. The lowest BCUT2D eigenvalue weighted by Crippen LogP contribution is -2.10. The number of aryl methyl sites for hydroxylation is 3. The van der Waals surface area contributed by atoms with Gasteiger partial charge in [-0.1, -0.05) is 17.7 Å². The van der Waals surface area contributed by atoms with E-state index in [2.05, 4.69) is 10.1 Å². The van der Waals surface area contributed by atoms with Gasteiger partial charge in [0.2, 0.25) is 0 Å². The zero-order chi connectivity index (χ0) is 12.4. The van der Waals surface area contributed by atoms with Crippen LogP contribution >= 0.6 is 0 Å². The minimum absolute atomic E-state index is 0.0855. The molecule has 17 heavy (non-hydrogen) atoms. The fourth-order valence-corrected chi connectivity index (χ4v) is 1.76. The summed E-state index contributed by atoms with van der Waals surface area (Å²) in [4.78, 5) is 16.2. The van der Waals surface area contributed by atoms with Crippen LogP contribution in [0.2, 0.25) is 0 Å². The predicted octanol–water partition coefficient (Wildman–Crippen LogP) is 1.86. The molecule has 0 unspecified atom stereocenters. The average molecular weight is 229 g/mol. The zero-order valence-corrected chi connectivity index (χ0v) is 10.3. The van der Waals surface area contributed by atoms with E-state index in [1.807, 2.05) is 32.0 Å². The Hall–Kier alpha value is -1.97. The van der Waals surface area contributed by atoms with Crippen LogP contribution in [-0.4, -0.2) is 20.5 Å². The van der Waals surface area contributed by atoms with Crippen molar-refractivity contribution in [3.63, 3.8) is 0 Å². The van der Waals surface area contributed by atoms with Crippen molar-refractivity contribution in [1.82, 2.24) is 14.8 Å². The summed E-state index contributed by atoms with van der Waals surface area (Å²) in [5.41, 5.74) is 2.87. The van der Waals surface area contributed by atoms with Crippen LogP contribution in [0.5, 0.6) is 0 Å². The van der Waals surface area contributed by atoms with Crippen molar-refractivity contribution < 1.29 is 4.79 Å². The second-order valence-electron chi connectivity index (χ2n) is 4.22. The monoisotopic (exact) mass is 229 g/mol. The van der Waals surface area contributed by atoms with Crippen molar-refractivity contribution in [2.45, 2.75) is 20.3 Å². The van der Waals surface area contributed by atoms with Crippen LogP contribution in [-0.2, 0) is 13.5 Å². The molecule has 0 N–H and O–H groups in total. The molecule has 1 aromatic carbocycles. The maximum atomic E-state index is 12.2. The highest BCUT2D eigenvalue weighted by molar-refractivity contribution is 5.98. The van der Waals surface area contributed by atoms with E-state index in [0.29, 0.717) is 12.2 Å². The number of ketones is 1. The highest BCUT2D eigenvalue weighted by atomic mass is 16.1. The Morgan fingerprint density at radius 1 is 1.35 bits per heavy atom. The highest BCUT2D eigenvalue weighted by Crippen LogP contribution is 2.13. The van der Waals surface area contributed by atoms with E-state index >= 15 is 0 Å². The first-order valence-corrected chi connectivity index (χ1v) is 5.51. The standard InChI is InChI=1S/C13H15N3O/c1-9-4-5-10(2)11(6-9)12(17)7-13-14-8-15-16(13)3/h4-6,8H,7H2,1-3H3. The highest BCUT2D eigenvalue weighted by Gasteiger charge is 2.12. The largest absolute Gasteiger partial charge is 0.294 e. The molecule has 1 heterocycles. The van der Waals surface area contributed by atoms with E-state index in [-0.39, 0.29) is 5.78 Å². The number of hydrogen-bond acceptors (Lipinski definition) is 3. The first-order valence-electron chi connectivity index (χ1n) is 5.51. The Bertz CT molecular complexity index is 558. The molecule has 4 heteroatoms. The number of carbonyl (C=O) groups is 1. The number of carbonyl (C=O) groups excluding carboxylic acids is 1. The maximum absolute atomic E-state index is 12.2. The van der Waals surface area contributed by atoms with Gasteiger partial charge in [0.15, 0.2) is 5.78 Å². The summed E-state index contributed by atoms with van der Waals surface area (Å²) in [5.74, 6) is 0.776. The molecule has 0 aliphatic heterocycles. The molecule has 2 rings (SSSR count). The van der Waals surface area contributed by atoms with Crippen LogP contribution in [0.15, 0.2) is 24.5 Å². The van der Waals surface area contributed by atoms with E-state index in [4.69, 9.17) is 0 Å². The Balaban J connectivity index is 2.26. The summed E-state index contributed by atoms with van der Waals surface area (Å²) < 4.78 is 1.63. The van der Waals surface area contributed by atoms with Crippen LogP contribution < -0.4 is 0 Å². The Labute approximate surface area is 100 Å². The molecule has 88 valence electrons. The summed E-state index contributed by atoms with van der Waals surface area (Å²) in [6, 6.07) is 5.90. The molecular weight excluding hydrogens is 214 g/mol. The van der Waals surface area contributed by atoms with Crippen LogP contribution in [0.4, 0.5) is 0 Å². The summed E-state index contributed by atoms with van der Waals surface area (Å²) in [7, 11) is 1.79. The minimum Gasteiger partial charge on any atom is -0.294 e. The second kappa shape index (κ2) is 4.49. The van der Waals surface area contributed by atoms with Crippen molar-refractivity contribution in [2.75, 3.05) is 0 Å². The fourth-order valence-electron chi connectivity index (χ4n) is 1.76. The van der Waals surface area contributed by atoms with Gasteiger partial charge in [-0.25, -0.2) is 4.98 Å². The SMILES string of the molecule is Cc1ccc(C)c(C(=O)Cc2ncnn2C)c1. The lowest BCUT2D eigenvalue weighted by molar-refractivity contribution is 0.0989. The Morgan fingerprint density at radius 3 is 2.76 bits per heavy atom. The molecule has 0 saturated heterocycles. The lowest BCUT2D eigenvalue weighted by atomic mass is 10.00. The average Bonchev–Trinajstić information content (AvgIpc) is 2.68. The molecular formula is C13H15N3O. The number of rotatable bonds is 3. The molecule has 0 spiro atoms. The van der Waals surface area contributed by atoms with Gasteiger partial charge in [0.1, 0.15) is 12.2 Å². The van der Waals surface area contributed by atoms with E-state index in [1.54, 1.807) is 11.7 Å². The van der Waals surface area contributed by atoms with Gasteiger partial charge in [-0.3, -0.25) is 9.48 Å². The van der Waals surface area contributed by atoms with Gasteiger partial charge in [0, 0.05) is 12.6 Å². The van der Waals surface area contributed by atoms with Crippen molar-refractivity contribution in [1.29, 1.82) is 0 Å². The molecule has 0 radical (unpaired) electrons. The maximum Gasteiger partial charge on any atom is 0.170 e. The number of aromatic nitrogens is 3. The summed E-state index contributed by atoms with van der Waals surface area (Å²) in [6.45, 7) is 3.93. The van der Waals surface area contributed by atoms with Gasteiger partial charge in [-0.2, -0.15) is 5.10 Å². The Morgan fingerprint density at radius 2 is 2.12 bits per heavy atom. The zero-order valence-electron chi connectivity index (χ0n) is 10.3. The van der Waals surface area contributed by atoms with E-state index in [0.717, 1.165) is 16.7 Å². The van der Waals surface area contributed by atoms with Gasteiger partial charge in [-0.15, -0.1) is 0 Å². The van der Waals surface area contributed by atoms with E-state index < -0.39 is 0 Å². The summed E-state index contributed by atoms with van der Waals surface area (Å²) in [5, 5.41) is 3.96. The van der Waals surface area contributed by atoms with E-state index in [9.17, 15) is 4.79 Å². The molecule has 4 nitrogen and oxygen atoms in total. The predicted molar refractivity (Wildman–Crippen MR) is 65.0 cm³/mol. The molecule has 0 atom stereocenters. The van der Waals surface area contributed by atoms with Crippen molar-refractivity contribution in [3.8, 4) is 0 Å². The van der Waals surface area contributed by atoms with Crippen molar-refractivity contribution in [3.05, 3.63) is 47.0 Å². The van der Waals surface area contributed by atoms with Gasteiger partial charge in [0.05, 0.1) is 6.42 Å². The third kappa shape index (κ3) is 2.41. The fraction of sp³-hybridized carbons (Fsp3) is 0.308. The number of nitrogens with zero attached hydrogens (tertiary/aromatic N) is 3. The molecule has 1 aromatic heterocycles. The molecule has 0 fully saturated rings. The molecule has 2 aromatic rings. The third-order valence-electron chi connectivity index (χ3n) is 2.82. The van der Waals surface area contributed by atoms with Crippen LogP contribution in [0.25, 0.3) is 0 Å². The van der Waals surface area contributed by atoms with Crippen LogP contribution in [0.1, 0.15) is 27.3 Å². The minimum atomic E-state index is 0.0855. The van der Waals surface area contributed by atoms with Crippen LogP contribution in [0.3, 0.4) is 0 Å². The summed E-state index contributed by atoms with van der Waals surface area (Å²) >= 11 is 0. The second-order valence-corrected chi connectivity index (χ2v) is 4.22. The molecule has 0 bridgehead atoms. The third-order valence-corrected chi connectivity index (χ3v) is 2.82. The number of benzene rings is 1.